The number of fused-ring (bicyclic) bond motifs is 1. The van der Waals surface area contributed by atoms with E-state index in [4.69, 9.17) is 5.73 Å². The summed E-state index contributed by atoms with van der Waals surface area (Å²) in [5, 5.41) is 16.3. The molecule has 3 amide bonds. The first-order valence-electron chi connectivity index (χ1n) is 14.8. The maximum atomic E-state index is 13.9. The molecule has 0 saturated carbocycles. The first-order chi connectivity index (χ1) is 21.3. The number of nitrogens with zero attached hydrogens (tertiary/aromatic N) is 1. The van der Waals surface area contributed by atoms with Gasteiger partial charge in [-0.25, -0.2) is 4.79 Å². The van der Waals surface area contributed by atoms with Crippen LogP contribution in [0.4, 0.5) is 0 Å². The molecule has 10 nitrogen and oxygen atoms in total. The average molecular weight is 596 g/mol. The van der Waals surface area contributed by atoms with Gasteiger partial charge in [0.25, 0.3) is 0 Å². The van der Waals surface area contributed by atoms with Gasteiger partial charge >= 0.3 is 5.97 Å². The van der Waals surface area contributed by atoms with Gasteiger partial charge in [0.2, 0.25) is 17.7 Å². The number of rotatable bonds is 12. The number of hydrogen-bond acceptors (Lipinski definition) is 5. The second-order valence-electron chi connectivity index (χ2n) is 11.2. The second-order valence-corrected chi connectivity index (χ2v) is 11.2. The molecule has 1 aromatic heterocycles. The monoisotopic (exact) mass is 595 g/mol. The van der Waals surface area contributed by atoms with Gasteiger partial charge in [-0.3, -0.25) is 14.4 Å². The molecule has 4 unspecified atom stereocenters. The number of para-hydroxylation sites is 1. The molecular weight excluding hydrogens is 558 g/mol. The van der Waals surface area contributed by atoms with E-state index < -0.39 is 47.9 Å². The number of amides is 3. The molecular formula is C34H37N5O5. The zero-order valence-electron chi connectivity index (χ0n) is 24.3. The lowest BCUT2D eigenvalue weighted by Crippen LogP contribution is -2.58. The van der Waals surface area contributed by atoms with Gasteiger partial charge in [0.05, 0.1) is 6.04 Å². The predicted octanol–water partition coefficient (Wildman–Crippen LogP) is 2.57. The molecule has 4 aromatic rings. The van der Waals surface area contributed by atoms with E-state index in [1.807, 2.05) is 84.9 Å². The normalized spacial score (nSPS) is 16.7. The summed E-state index contributed by atoms with van der Waals surface area (Å²) in [5.41, 5.74) is 9.64. The number of H-pyrrole nitrogens is 1. The van der Waals surface area contributed by atoms with Crippen LogP contribution >= 0.6 is 0 Å². The van der Waals surface area contributed by atoms with Crippen LogP contribution in [0.1, 0.15) is 29.5 Å². The summed E-state index contributed by atoms with van der Waals surface area (Å²) in [4.78, 5) is 57.5. The second kappa shape index (κ2) is 14.0. The predicted molar refractivity (Wildman–Crippen MR) is 167 cm³/mol. The number of carbonyl (C=O) groups is 4. The van der Waals surface area contributed by atoms with Gasteiger partial charge in [0, 0.05) is 36.5 Å². The Balaban J connectivity index is 1.39. The fourth-order valence-corrected chi connectivity index (χ4v) is 5.78. The van der Waals surface area contributed by atoms with Crippen LogP contribution in [0.25, 0.3) is 10.9 Å². The number of aromatic nitrogens is 1. The Kier molecular flexibility index (Phi) is 9.71. The SMILES string of the molecule is NC(Cc1ccccc1)C(=O)NC(Cc1ccccc1)C(=O)NC(Cc1c[nH]c2ccccc12)C(=O)N1CCCC1C(=O)O. The number of carboxylic acids is 1. The third-order valence-electron chi connectivity index (χ3n) is 8.09. The minimum absolute atomic E-state index is 0.136. The molecule has 4 atom stereocenters. The van der Waals surface area contributed by atoms with Crippen LogP contribution in [0, 0.1) is 0 Å². The number of nitrogens with one attached hydrogen (secondary N) is 3. The van der Waals surface area contributed by atoms with Gasteiger partial charge in [-0.1, -0.05) is 78.9 Å². The Morgan fingerprint density at radius 3 is 2.11 bits per heavy atom. The minimum Gasteiger partial charge on any atom is -0.480 e. The summed E-state index contributed by atoms with van der Waals surface area (Å²) in [5.74, 6) is -2.60. The minimum atomic E-state index is -1.07. The van der Waals surface area contributed by atoms with Crippen molar-refractivity contribution in [3.05, 3.63) is 108 Å². The lowest BCUT2D eigenvalue weighted by Gasteiger charge is -2.29. The molecule has 3 aromatic carbocycles. The smallest absolute Gasteiger partial charge is 0.326 e. The van der Waals surface area contributed by atoms with E-state index in [0.717, 1.165) is 27.6 Å². The highest BCUT2D eigenvalue weighted by atomic mass is 16.4. The van der Waals surface area contributed by atoms with Gasteiger partial charge in [0.15, 0.2) is 0 Å². The van der Waals surface area contributed by atoms with Crippen molar-refractivity contribution in [3.8, 4) is 0 Å². The Morgan fingerprint density at radius 2 is 1.43 bits per heavy atom. The zero-order chi connectivity index (χ0) is 31.1. The van der Waals surface area contributed by atoms with Crippen LogP contribution in [0.15, 0.2) is 91.1 Å². The lowest BCUT2D eigenvalue weighted by molar-refractivity contribution is -0.149. The van der Waals surface area contributed by atoms with Gasteiger partial charge in [-0.2, -0.15) is 0 Å². The number of nitrogens with two attached hydrogens (primary N) is 1. The molecule has 0 bridgehead atoms. The molecule has 6 N–H and O–H groups in total. The van der Waals surface area contributed by atoms with Crippen molar-refractivity contribution in [2.75, 3.05) is 6.54 Å². The number of carbonyl (C=O) groups excluding carboxylic acids is 3. The van der Waals surface area contributed by atoms with Crippen LogP contribution in [-0.4, -0.2) is 69.4 Å². The van der Waals surface area contributed by atoms with Gasteiger partial charge in [-0.05, 0) is 42.0 Å². The summed E-state index contributed by atoms with van der Waals surface area (Å²) < 4.78 is 0. The van der Waals surface area contributed by atoms with Crippen molar-refractivity contribution in [1.82, 2.24) is 20.5 Å². The van der Waals surface area contributed by atoms with Gasteiger partial charge in [-0.15, -0.1) is 0 Å². The van der Waals surface area contributed by atoms with E-state index in [1.165, 1.54) is 4.90 Å². The highest BCUT2D eigenvalue weighted by molar-refractivity contribution is 5.95. The fourth-order valence-electron chi connectivity index (χ4n) is 5.78. The van der Waals surface area contributed by atoms with Crippen LogP contribution in [0.2, 0.25) is 0 Å². The maximum Gasteiger partial charge on any atom is 0.326 e. The van der Waals surface area contributed by atoms with Crippen LogP contribution in [-0.2, 0) is 38.4 Å². The molecule has 2 heterocycles. The Hall–Kier alpha value is -4.96. The highest BCUT2D eigenvalue weighted by Gasteiger charge is 2.38. The number of likely N-dealkylation sites (tertiary alicyclic amines) is 1. The zero-order valence-corrected chi connectivity index (χ0v) is 24.3. The molecule has 0 radical (unpaired) electrons. The van der Waals surface area contributed by atoms with Crippen molar-refractivity contribution in [3.63, 3.8) is 0 Å². The number of hydrogen-bond donors (Lipinski definition) is 5. The highest BCUT2D eigenvalue weighted by Crippen LogP contribution is 2.23. The number of aliphatic carboxylic acids is 1. The summed E-state index contributed by atoms with van der Waals surface area (Å²) in [7, 11) is 0. The molecule has 0 aliphatic carbocycles. The van der Waals surface area contributed by atoms with E-state index in [-0.39, 0.29) is 19.4 Å². The fraction of sp³-hybridized carbons (Fsp3) is 0.294. The lowest BCUT2D eigenvalue weighted by atomic mass is 10.0. The van der Waals surface area contributed by atoms with Crippen molar-refractivity contribution >= 4 is 34.6 Å². The molecule has 1 aliphatic heterocycles. The standard InChI is InChI=1S/C34H37N5O5/c35-26(18-22-10-3-1-4-11-22)31(40)37-28(19-23-12-5-2-6-13-23)32(41)38-29(33(42)39-17-9-16-30(39)34(43)44)20-24-21-36-27-15-8-7-14-25(24)27/h1-8,10-15,21,26,28-30,36H,9,16-20,35H2,(H,37,40)(H,38,41)(H,43,44). The summed E-state index contributed by atoms with van der Waals surface area (Å²) in [6.07, 6.45) is 3.30. The van der Waals surface area contributed by atoms with E-state index in [2.05, 4.69) is 15.6 Å². The van der Waals surface area contributed by atoms with E-state index >= 15 is 0 Å². The van der Waals surface area contributed by atoms with Crippen molar-refractivity contribution in [2.45, 2.75) is 56.3 Å². The van der Waals surface area contributed by atoms with Gasteiger partial charge < -0.3 is 31.4 Å². The molecule has 10 heteroatoms. The molecule has 1 fully saturated rings. The van der Waals surface area contributed by atoms with E-state index in [1.54, 1.807) is 6.20 Å². The summed E-state index contributed by atoms with van der Waals surface area (Å²) >= 11 is 0. The number of carboxylic acid groups (broad SMARTS) is 1. The van der Waals surface area contributed by atoms with Crippen molar-refractivity contribution in [1.29, 1.82) is 0 Å². The molecule has 0 spiro atoms. The topological polar surface area (TPSA) is 158 Å². The number of aromatic amines is 1. The summed E-state index contributed by atoms with van der Waals surface area (Å²) in [6, 6.07) is 22.3. The Morgan fingerprint density at radius 1 is 0.818 bits per heavy atom. The van der Waals surface area contributed by atoms with Crippen molar-refractivity contribution < 1.29 is 24.3 Å². The third-order valence-corrected chi connectivity index (χ3v) is 8.09. The largest absolute Gasteiger partial charge is 0.480 e. The summed E-state index contributed by atoms with van der Waals surface area (Å²) in [6.45, 7) is 0.286. The molecule has 1 saturated heterocycles. The maximum absolute atomic E-state index is 13.9. The molecule has 5 rings (SSSR count). The van der Waals surface area contributed by atoms with Gasteiger partial charge in [0.1, 0.15) is 18.1 Å². The first kappa shape index (κ1) is 30.5. The average Bonchev–Trinajstić information content (AvgIpc) is 3.69. The Bertz CT molecular complexity index is 1610. The molecule has 228 valence electrons. The van der Waals surface area contributed by atoms with E-state index in [9.17, 15) is 24.3 Å². The number of benzene rings is 3. The molecule has 1 aliphatic rings. The van der Waals surface area contributed by atoms with E-state index in [0.29, 0.717) is 19.3 Å². The van der Waals surface area contributed by atoms with Crippen LogP contribution in [0.3, 0.4) is 0 Å². The quantitative estimate of drug-likeness (QED) is 0.169. The van der Waals surface area contributed by atoms with Crippen LogP contribution in [0.5, 0.6) is 0 Å². The van der Waals surface area contributed by atoms with Crippen LogP contribution < -0.4 is 16.4 Å². The van der Waals surface area contributed by atoms with Crippen molar-refractivity contribution in [2.24, 2.45) is 5.73 Å². The first-order valence-corrected chi connectivity index (χ1v) is 14.8. The Labute approximate surface area is 255 Å². The third kappa shape index (κ3) is 7.33. The molecule has 44 heavy (non-hydrogen) atoms.